The van der Waals surface area contributed by atoms with Gasteiger partial charge in [-0.3, -0.25) is 4.40 Å². The molecule has 2 heterocycles. The van der Waals surface area contributed by atoms with Crippen LogP contribution >= 0.6 is 0 Å². The predicted molar refractivity (Wildman–Crippen MR) is 59.8 cm³/mol. The fraction of sp³-hybridized carbons (Fsp3) is 0.364. The lowest BCUT2D eigenvalue weighted by atomic mass is 10.3. The number of rotatable bonds is 4. The zero-order valence-corrected chi connectivity index (χ0v) is 9.13. The Morgan fingerprint density at radius 2 is 2.35 bits per heavy atom. The molecule has 0 amide bonds. The summed E-state index contributed by atoms with van der Waals surface area (Å²) < 4.78 is 1.72. The van der Waals surface area contributed by atoms with E-state index in [-0.39, 0.29) is 5.56 Å². The second-order valence-electron chi connectivity index (χ2n) is 4.19. The zero-order valence-electron chi connectivity index (χ0n) is 9.13. The molecule has 17 heavy (non-hydrogen) atoms. The maximum absolute atomic E-state index is 11.0. The predicted octanol–water partition coefficient (Wildman–Crippen LogP) is 0.679. The summed E-state index contributed by atoms with van der Waals surface area (Å²) in [6, 6.07) is 3.82. The SMILES string of the molecule is O=C(O)c1cccn2c(CNC3CC3)nnc12. The third kappa shape index (κ3) is 1.87. The van der Waals surface area contributed by atoms with E-state index in [0.29, 0.717) is 18.2 Å². The van der Waals surface area contributed by atoms with E-state index in [9.17, 15) is 4.79 Å². The minimum Gasteiger partial charge on any atom is -0.478 e. The lowest BCUT2D eigenvalue weighted by Gasteiger charge is -2.02. The molecule has 2 N–H and O–H groups in total. The summed E-state index contributed by atoms with van der Waals surface area (Å²) >= 11 is 0. The van der Waals surface area contributed by atoms with E-state index in [1.54, 1.807) is 16.7 Å². The number of fused-ring (bicyclic) bond motifs is 1. The number of carboxylic acid groups (broad SMARTS) is 1. The smallest absolute Gasteiger partial charge is 0.339 e. The van der Waals surface area contributed by atoms with Gasteiger partial charge in [0.05, 0.1) is 6.54 Å². The average Bonchev–Trinajstić information content (AvgIpc) is 3.06. The van der Waals surface area contributed by atoms with Gasteiger partial charge in [-0.1, -0.05) is 0 Å². The lowest BCUT2D eigenvalue weighted by Crippen LogP contribution is -2.17. The van der Waals surface area contributed by atoms with Gasteiger partial charge in [-0.25, -0.2) is 4.79 Å². The maximum atomic E-state index is 11.0. The van der Waals surface area contributed by atoms with Gasteiger partial charge >= 0.3 is 5.97 Å². The molecule has 1 saturated carbocycles. The monoisotopic (exact) mass is 232 g/mol. The van der Waals surface area contributed by atoms with Crippen LogP contribution in [0.25, 0.3) is 5.65 Å². The van der Waals surface area contributed by atoms with Gasteiger partial charge in [-0.15, -0.1) is 10.2 Å². The summed E-state index contributed by atoms with van der Waals surface area (Å²) in [6.07, 6.45) is 4.19. The minimum absolute atomic E-state index is 0.178. The molecule has 0 spiro atoms. The molecule has 0 saturated heterocycles. The number of aromatic carboxylic acids is 1. The van der Waals surface area contributed by atoms with Crippen LogP contribution < -0.4 is 5.32 Å². The second kappa shape index (κ2) is 3.81. The van der Waals surface area contributed by atoms with E-state index >= 15 is 0 Å². The van der Waals surface area contributed by atoms with Crippen LogP contribution in [0.1, 0.15) is 29.0 Å². The highest BCUT2D eigenvalue weighted by atomic mass is 16.4. The third-order valence-electron chi connectivity index (χ3n) is 2.86. The topological polar surface area (TPSA) is 79.5 Å². The fourth-order valence-electron chi connectivity index (χ4n) is 1.77. The van der Waals surface area contributed by atoms with Gasteiger partial charge in [0, 0.05) is 12.2 Å². The van der Waals surface area contributed by atoms with Crippen LogP contribution in [0.15, 0.2) is 18.3 Å². The van der Waals surface area contributed by atoms with Crippen molar-refractivity contribution in [1.82, 2.24) is 19.9 Å². The summed E-state index contributed by atoms with van der Waals surface area (Å²) in [5.74, 6) is -0.236. The number of nitrogens with one attached hydrogen (secondary N) is 1. The molecular weight excluding hydrogens is 220 g/mol. The Balaban J connectivity index is 1.96. The van der Waals surface area contributed by atoms with E-state index in [1.165, 1.54) is 18.9 Å². The zero-order chi connectivity index (χ0) is 11.8. The number of carboxylic acids is 1. The van der Waals surface area contributed by atoms with Gasteiger partial charge in [0.2, 0.25) is 0 Å². The van der Waals surface area contributed by atoms with Crippen LogP contribution in [0.5, 0.6) is 0 Å². The van der Waals surface area contributed by atoms with Crippen molar-refractivity contribution >= 4 is 11.6 Å². The Labute approximate surface area is 97.3 Å². The van der Waals surface area contributed by atoms with Crippen molar-refractivity contribution in [2.75, 3.05) is 0 Å². The van der Waals surface area contributed by atoms with E-state index in [2.05, 4.69) is 15.5 Å². The highest BCUT2D eigenvalue weighted by molar-refractivity contribution is 5.94. The van der Waals surface area contributed by atoms with Gasteiger partial charge in [0.1, 0.15) is 5.56 Å². The van der Waals surface area contributed by atoms with Gasteiger partial charge in [0.25, 0.3) is 0 Å². The van der Waals surface area contributed by atoms with Crippen LogP contribution in [-0.4, -0.2) is 31.7 Å². The van der Waals surface area contributed by atoms with Crippen molar-refractivity contribution in [3.05, 3.63) is 29.7 Å². The first-order valence-electron chi connectivity index (χ1n) is 5.55. The van der Waals surface area contributed by atoms with Crippen LogP contribution in [0.2, 0.25) is 0 Å². The Morgan fingerprint density at radius 3 is 3.06 bits per heavy atom. The molecule has 1 fully saturated rings. The first-order valence-corrected chi connectivity index (χ1v) is 5.55. The molecule has 6 nitrogen and oxygen atoms in total. The second-order valence-corrected chi connectivity index (χ2v) is 4.19. The van der Waals surface area contributed by atoms with Gasteiger partial charge in [-0.05, 0) is 25.0 Å². The molecule has 1 aliphatic rings. The molecule has 88 valence electrons. The number of aromatic nitrogens is 3. The number of pyridine rings is 1. The molecule has 2 aromatic rings. The van der Waals surface area contributed by atoms with E-state index < -0.39 is 5.97 Å². The summed E-state index contributed by atoms with van der Waals surface area (Å²) in [6.45, 7) is 0.620. The first-order chi connectivity index (χ1) is 8.25. The number of hydrogen-bond donors (Lipinski definition) is 2. The first kappa shape index (κ1) is 10.2. The number of hydrogen-bond acceptors (Lipinski definition) is 4. The molecule has 0 radical (unpaired) electrons. The van der Waals surface area contributed by atoms with E-state index in [4.69, 9.17) is 5.11 Å². The molecule has 0 bridgehead atoms. The Morgan fingerprint density at radius 1 is 1.53 bits per heavy atom. The van der Waals surface area contributed by atoms with Crippen molar-refractivity contribution in [1.29, 1.82) is 0 Å². The van der Waals surface area contributed by atoms with Crippen molar-refractivity contribution in [2.24, 2.45) is 0 Å². The molecular formula is C11H12N4O2. The summed E-state index contributed by atoms with van der Waals surface area (Å²) in [7, 11) is 0. The van der Waals surface area contributed by atoms with Crippen molar-refractivity contribution in [3.63, 3.8) is 0 Å². The molecule has 0 atom stereocenters. The Kier molecular flexibility index (Phi) is 2.29. The van der Waals surface area contributed by atoms with Crippen molar-refractivity contribution < 1.29 is 9.90 Å². The third-order valence-corrected chi connectivity index (χ3v) is 2.86. The molecule has 3 rings (SSSR count). The van der Waals surface area contributed by atoms with Crippen molar-refractivity contribution in [2.45, 2.75) is 25.4 Å². The molecule has 6 heteroatoms. The fourth-order valence-corrected chi connectivity index (χ4v) is 1.77. The molecule has 0 aromatic carbocycles. The van der Waals surface area contributed by atoms with Gasteiger partial charge in [0.15, 0.2) is 11.5 Å². The molecule has 0 unspecified atom stereocenters. The van der Waals surface area contributed by atoms with Gasteiger partial charge in [-0.2, -0.15) is 0 Å². The lowest BCUT2D eigenvalue weighted by molar-refractivity contribution is 0.0698. The summed E-state index contributed by atoms with van der Waals surface area (Å²) in [4.78, 5) is 11.0. The highest BCUT2D eigenvalue weighted by Gasteiger charge is 2.21. The normalized spacial score (nSPS) is 15.3. The van der Waals surface area contributed by atoms with Crippen molar-refractivity contribution in [3.8, 4) is 0 Å². The van der Waals surface area contributed by atoms with Crippen LogP contribution in [-0.2, 0) is 6.54 Å². The summed E-state index contributed by atoms with van der Waals surface area (Å²) in [5.41, 5.74) is 0.574. The highest BCUT2D eigenvalue weighted by Crippen LogP contribution is 2.19. The molecule has 1 aliphatic carbocycles. The minimum atomic E-state index is -0.982. The van der Waals surface area contributed by atoms with Crippen LogP contribution in [0.3, 0.4) is 0 Å². The van der Waals surface area contributed by atoms with Gasteiger partial charge < -0.3 is 10.4 Å². The largest absolute Gasteiger partial charge is 0.478 e. The molecule has 2 aromatic heterocycles. The Bertz CT molecular complexity index is 574. The quantitative estimate of drug-likeness (QED) is 0.810. The Hall–Kier alpha value is -1.95. The van der Waals surface area contributed by atoms with E-state index in [0.717, 1.165) is 5.82 Å². The standard InChI is InChI=1S/C11H12N4O2/c16-11(17)8-2-1-5-15-9(13-14-10(8)15)6-12-7-3-4-7/h1-2,5,7,12H,3-4,6H2,(H,16,17). The number of carbonyl (C=O) groups is 1. The van der Waals surface area contributed by atoms with Crippen LogP contribution in [0.4, 0.5) is 0 Å². The summed E-state index contributed by atoms with van der Waals surface area (Å²) in [5, 5.41) is 20.3. The number of nitrogens with zero attached hydrogens (tertiary/aromatic N) is 3. The molecule has 0 aliphatic heterocycles. The van der Waals surface area contributed by atoms with Crippen LogP contribution in [0, 0.1) is 0 Å². The van der Waals surface area contributed by atoms with E-state index in [1.807, 2.05) is 0 Å². The maximum Gasteiger partial charge on any atom is 0.339 e. The average molecular weight is 232 g/mol.